The maximum Gasteiger partial charge on any atom is 0.0653 e. The van der Waals surface area contributed by atoms with E-state index in [0.717, 1.165) is 16.5 Å². The van der Waals surface area contributed by atoms with Gasteiger partial charge in [-0.25, -0.2) is 0 Å². The first kappa shape index (κ1) is 7.31. The van der Waals surface area contributed by atoms with E-state index in [4.69, 9.17) is 7.05 Å². The number of aromatic nitrogens is 2. The maximum atomic E-state index is 5.20. The zero-order valence-electron chi connectivity index (χ0n) is 6.54. The van der Waals surface area contributed by atoms with E-state index in [1.165, 1.54) is 0 Å². The van der Waals surface area contributed by atoms with Crippen molar-refractivity contribution in [2.45, 2.75) is 6.54 Å². The van der Waals surface area contributed by atoms with E-state index >= 15 is 0 Å². The molecule has 0 aliphatic rings. The number of H-pyrrole nitrogens is 1. The summed E-state index contributed by atoms with van der Waals surface area (Å²) < 4.78 is 0. The molecule has 3 heteroatoms. The Balaban J connectivity index is 2.46. The predicted octanol–water partition coefficient (Wildman–Crippen LogP) is 1.32. The van der Waals surface area contributed by atoms with Crippen LogP contribution in [0, 0.1) is 7.05 Å². The fourth-order valence-electron chi connectivity index (χ4n) is 1.21. The van der Waals surface area contributed by atoms with E-state index in [1.54, 1.807) is 6.20 Å². The summed E-state index contributed by atoms with van der Waals surface area (Å²) in [6, 6.07) is 6.07. The molecule has 0 unspecified atom stereocenters. The van der Waals surface area contributed by atoms with Gasteiger partial charge in [-0.05, 0) is 11.6 Å². The highest BCUT2D eigenvalue weighted by Gasteiger charge is 1.95. The first-order valence-corrected chi connectivity index (χ1v) is 3.75. The van der Waals surface area contributed by atoms with Crippen LogP contribution in [0.2, 0.25) is 0 Å². The lowest BCUT2D eigenvalue weighted by Gasteiger charge is -1.98. The largest absolute Gasteiger partial charge is 0.307 e. The minimum Gasteiger partial charge on any atom is -0.307 e. The number of aromatic amines is 1. The molecule has 2 radical (unpaired) electrons. The molecule has 2 aromatic rings. The number of nitrogens with one attached hydrogen (secondary N) is 2. The Labute approximate surface area is 70.8 Å². The van der Waals surface area contributed by atoms with Crippen LogP contribution in [0.4, 0.5) is 0 Å². The molecule has 0 amide bonds. The van der Waals surface area contributed by atoms with Crippen molar-refractivity contribution in [1.82, 2.24) is 15.5 Å². The molecule has 0 bridgehead atoms. The molecule has 0 fully saturated rings. The van der Waals surface area contributed by atoms with E-state index in [9.17, 15) is 0 Å². The summed E-state index contributed by atoms with van der Waals surface area (Å²) in [6.45, 7) is 0.676. The molecule has 0 spiro atoms. The summed E-state index contributed by atoms with van der Waals surface area (Å²) in [6.07, 6.45) is 1.80. The zero-order valence-corrected chi connectivity index (χ0v) is 6.54. The maximum absolute atomic E-state index is 5.20. The van der Waals surface area contributed by atoms with Gasteiger partial charge in [-0.15, -0.1) is 0 Å². The summed E-state index contributed by atoms with van der Waals surface area (Å²) in [5.74, 6) is 0. The molecule has 0 aliphatic heterocycles. The van der Waals surface area contributed by atoms with Gasteiger partial charge in [0, 0.05) is 19.0 Å². The van der Waals surface area contributed by atoms with E-state index in [2.05, 4.69) is 15.5 Å². The Morgan fingerprint density at radius 3 is 3.25 bits per heavy atom. The average molecular weight is 159 g/mol. The molecule has 1 heterocycles. The molecule has 1 aromatic heterocycles. The lowest BCUT2D eigenvalue weighted by Crippen LogP contribution is -2.01. The number of benzene rings is 1. The van der Waals surface area contributed by atoms with Gasteiger partial charge in [0.05, 0.1) is 11.7 Å². The summed E-state index contributed by atoms with van der Waals surface area (Å²) in [7, 11) is 5.20. The van der Waals surface area contributed by atoms with E-state index < -0.39 is 0 Å². The molecule has 60 valence electrons. The van der Waals surface area contributed by atoms with Crippen molar-refractivity contribution < 1.29 is 0 Å². The summed E-state index contributed by atoms with van der Waals surface area (Å²) in [4.78, 5) is 0. The summed E-state index contributed by atoms with van der Waals surface area (Å²) in [5.41, 5.74) is 2.19. The highest BCUT2D eigenvalue weighted by atomic mass is 15.1. The summed E-state index contributed by atoms with van der Waals surface area (Å²) >= 11 is 0. The van der Waals surface area contributed by atoms with Gasteiger partial charge < -0.3 is 5.32 Å². The van der Waals surface area contributed by atoms with Crippen molar-refractivity contribution in [3.63, 3.8) is 0 Å². The predicted molar refractivity (Wildman–Crippen MR) is 47.2 cm³/mol. The molecule has 0 saturated carbocycles. The first-order chi connectivity index (χ1) is 5.90. The second-order valence-corrected chi connectivity index (χ2v) is 2.67. The van der Waals surface area contributed by atoms with Crippen molar-refractivity contribution in [2.24, 2.45) is 0 Å². The normalized spacial score (nSPS) is 10.8. The number of hydrogen-bond acceptors (Lipinski definition) is 2. The minimum atomic E-state index is 0.676. The molecular weight excluding hydrogens is 150 g/mol. The van der Waals surface area contributed by atoms with Crippen molar-refractivity contribution in [3.8, 4) is 0 Å². The molecule has 0 aliphatic carbocycles. The third-order valence-electron chi connectivity index (χ3n) is 1.81. The van der Waals surface area contributed by atoms with Gasteiger partial charge in [-0.1, -0.05) is 12.1 Å². The number of hydrogen-bond donors (Lipinski definition) is 2. The molecule has 1 aromatic carbocycles. The lowest BCUT2D eigenvalue weighted by atomic mass is 10.2. The topological polar surface area (TPSA) is 40.7 Å². The standard InChI is InChI=1S/C9H9N3/c1-10-5-7-2-3-8-6-11-12-9(8)4-7/h1-4,6,10H,5H2,(H,11,12). The van der Waals surface area contributed by atoms with E-state index in [0.29, 0.717) is 6.54 Å². The Kier molecular flexibility index (Phi) is 1.80. The van der Waals surface area contributed by atoms with Crippen LogP contribution >= 0.6 is 0 Å². The van der Waals surface area contributed by atoms with Crippen molar-refractivity contribution >= 4 is 10.9 Å². The molecule has 0 saturated heterocycles. The molecule has 0 atom stereocenters. The minimum absolute atomic E-state index is 0.676. The second kappa shape index (κ2) is 2.95. The fourth-order valence-corrected chi connectivity index (χ4v) is 1.21. The van der Waals surface area contributed by atoms with Gasteiger partial charge in [0.2, 0.25) is 0 Å². The molecular formula is C9H9N3. The Morgan fingerprint density at radius 1 is 1.50 bits per heavy atom. The molecule has 2 rings (SSSR count). The van der Waals surface area contributed by atoms with E-state index in [1.807, 2.05) is 18.2 Å². The van der Waals surface area contributed by atoms with Crippen LogP contribution in [0.1, 0.15) is 5.56 Å². The van der Waals surface area contributed by atoms with Gasteiger partial charge in [0.1, 0.15) is 0 Å². The third kappa shape index (κ3) is 1.19. The van der Waals surface area contributed by atoms with Gasteiger partial charge >= 0.3 is 0 Å². The van der Waals surface area contributed by atoms with E-state index in [-0.39, 0.29) is 0 Å². The van der Waals surface area contributed by atoms with Gasteiger partial charge in [-0.3, -0.25) is 5.10 Å². The number of nitrogens with zero attached hydrogens (tertiary/aromatic N) is 1. The highest BCUT2D eigenvalue weighted by molar-refractivity contribution is 5.78. The third-order valence-corrected chi connectivity index (χ3v) is 1.81. The van der Waals surface area contributed by atoms with Gasteiger partial charge in [-0.2, -0.15) is 5.10 Å². The smallest absolute Gasteiger partial charge is 0.0653 e. The quantitative estimate of drug-likeness (QED) is 0.649. The molecule has 2 N–H and O–H groups in total. The van der Waals surface area contributed by atoms with Crippen LogP contribution in [-0.2, 0) is 6.54 Å². The van der Waals surface area contributed by atoms with Crippen molar-refractivity contribution in [1.29, 1.82) is 0 Å². The van der Waals surface area contributed by atoms with Crippen LogP contribution < -0.4 is 5.32 Å². The van der Waals surface area contributed by atoms with Crippen LogP contribution in [0.15, 0.2) is 24.4 Å². The fraction of sp³-hybridized carbons (Fsp3) is 0.111. The van der Waals surface area contributed by atoms with Crippen LogP contribution in [0.3, 0.4) is 0 Å². The SMILES string of the molecule is [CH]NCc1ccc2cn[nH]c2c1. The lowest BCUT2D eigenvalue weighted by molar-refractivity contribution is 0.867. The van der Waals surface area contributed by atoms with Gasteiger partial charge in [0.25, 0.3) is 0 Å². The number of rotatable bonds is 2. The first-order valence-electron chi connectivity index (χ1n) is 3.75. The van der Waals surface area contributed by atoms with Crippen LogP contribution in [0.5, 0.6) is 0 Å². The van der Waals surface area contributed by atoms with Crippen molar-refractivity contribution in [3.05, 3.63) is 37.0 Å². The second-order valence-electron chi connectivity index (χ2n) is 2.67. The Hall–Kier alpha value is -1.35. The Morgan fingerprint density at radius 2 is 2.42 bits per heavy atom. The molecule has 3 nitrogen and oxygen atoms in total. The highest BCUT2D eigenvalue weighted by Crippen LogP contribution is 2.12. The monoisotopic (exact) mass is 159 g/mol. The van der Waals surface area contributed by atoms with Gasteiger partial charge in [0.15, 0.2) is 0 Å². The van der Waals surface area contributed by atoms with Crippen LogP contribution in [-0.4, -0.2) is 10.2 Å². The summed E-state index contributed by atoms with van der Waals surface area (Å²) in [5, 5.41) is 10.6. The van der Waals surface area contributed by atoms with Crippen molar-refractivity contribution in [2.75, 3.05) is 0 Å². The molecule has 12 heavy (non-hydrogen) atoms. The Bertz CT molecular complexity index is 378. The average Bonchev–Trinajstić information content (AvgIpc) is 2.51. The number of fused-ring (bicyclic) bond motifs is 1. The zero-order chi connectivity index (χ0) is 8.39. The van der Waals surface area contributed by atoms with Crippen LogP contribution in [0.25, 0.3) is 10.9 Å².